The summed E-state index contributed by atoms with van der Waals surface area (Å²) in [5.41, 5.74) is 0.986. The molecule has 0 saturated heterocycles. The van der Waals surface area contributed by atoms with E-state index in [1.54, 1.807) is 6.92 Å². The van der Waals surface area contributed by atoms with E-state index in [9.17, 15) is 5.11 Å². The van der Waals surface area contributed by atoms with Crippen molar-refractivity contribution >= 4 is 27.5 Å². The Hall–Kier alpha value is -0.0500. The topological polar surface area (TPSA) is 20.2 Å². The molecule has 3 heteroatoms. The summed E-state index contributed by atoms with van der Waals surface area (Å²) in [6, 6.07) is 5.71. The fourth-order valence-corrected chi connectivity index (χ4v) is 1.98. The normalized spacial score (nSPS) is 15.5. The number of benzene rings is 1. The smallest absolute Gasteiger partial charge is 0.0578 e. The van der Waals surface area contributed by atoms with E-state index in [2.05, 4.69) is 15.9 Å². The second-order valence-electron chi connectivity index (χ2n) is 3.20. The maximum atomic E-state index is 9.40. The Balaban J connectivity index is 3.01. The molecule has 0 saturated carbocycles. The molecule has 0 aliphatic carbocycles. The van der Waals surface area contributed by atoms with Crippen LogP contribution in [0.5, 0.6) is 0 Å². The van der Waals surface area contributed by atoms with Gasteiger partial charge in [-0.25, -0.2) is 0 Å². The van der Waals surface area contributed by atoms with Gasteiger partial charge in [-0.3, -0.25) is 0 Å². The van der Waals surface area contributed by atoms with Crippen molar-refractivity contribution in [1.82, 2.24) is 0 Å². The second kappa shape index (κ2) is 4.45. The molecule has 0 fully saturated rings. The summed E-state index contributed by atoms with van der Waals surface area (Å²) in [6.07, 6.45) is -0.376. The predicted molar refractivity (Wildman–Crippen MR) is 59.2 cm³/mol. The largest absolute Gasteiger partial charge is 0.393 e. The maximum absolute atomic E-state index is 9.40. The molecule has 1 nitrogen and oxygen atoms in total. The molecule has 0 aliphatic rings. The Morgan fingerprint density at radius 2 is 2.00 bits per heavy atom. The molecule has 2 atom stereocenters. The molecular weight excluding hydrogens is 251 g/mol. The lowest BCUT2D eigenvalue weighted by Gasteiger charge is -2.16. The Bertz CT molecular complexity index is 299. The Morgan fingerprint density at radius 1 is 1.38 bits per heavy atom. The standard InChI is InChI=1S/C10H12BrClO/c1-6(7(2)13)9-4-3-8(11)5-10(9)12/h3-7,13H,1-2H3. The average molecular weight is 264 g/mol. The van der Waals surface area contributed by atoms with Crippen LogP contribution in [0.1, 0.15) is 25.3 Å². The molecule has 0 radical (unpaired) electrons. The minimum absolute atomic E-state index is 0.0700. The molecule has 0 bridgehead atoms. The van der Waals surface area contributed by atoms with Crippen molar-refractivity contribution in [3.8, 4) is 0 Å². The van der Waals surface area contributed by atoms with Crippen molar-refractivity contribution in [3.63, 3.8) is 0 Å². The van der Waals surface area contributed by atoms with Crippen molar-refractivity contribution in [1.29, 1.82) is 0 Å². The monoisotopic (exact) mass is 262 g/mol. The first-order valence-electron chi connectivity index (χ1n) is 4.15. The van der Waals surface area contributed by atoms with Crippen LogP contribution in [0.15, 0.2) is 22.7 Å². The van der Waals surface area contributed by atoms with Gasteiger partial charge in [-0.1, -0.05) is 40.5 Å². The van der Waals surface area contributed by atoms with Gasteiger partial charge in [-0.05, 0) is 24.6 Å². The van der Waals surface area contributed by atoms with Gasteiger partial charge in [0.1, 0.15) is 0 Å². The molecule has 1 rings (SSSR count). The highest BCUT2D eigenvalue weighted by Gasteiger charge is 2.14. The van der Waals surface area contributed by atoms with Gasteiger partial charge in [0.2, 0.25) is 0 Å². The van der Waals surface area contributed by atoms with Gasteiger partial charge < -0.3 is 5.11 Å². The second-order valence-corrected chi connectivity index (χ2v) is 4.52. The van der Waals surface area contributed by atoms with Gasteiger partial charge in [0.05, 0.1) is 6.10 Å². The first-order chi connectivity index (χ1) is 6.02. The summed E-state index contributed by atoms with van der Waals surface area (Å²) >= 11 is 9.36. The van der Waals surface area contributed by atoms with Crippen LogP contribution in [-0.2, 0) is 0 Å². The Labute approximate surface area is 91.9 Å². The molecule has 72 valence electrons. The summed E-state index contributed by atoms with van der Waals surface area (Å²) in [6.45, 7) is 3.73. The molecule has 0 amide bonds. The highest BCUT2D eigenvalue weighted by Crippen LogP contribution is 2.29. The molecule has 1 aromatic rings. The summed E-state index contributed by atoms with van der Waals surface area (Å²) in [7, 11) is 0. The number of halogens is 2. The number of hydrogen-bond acceptors (Lipinski definition) is 1. The van der Waals surface area contributed by atoms with Gasteiger partial charge in [0.15, 0.2) is 0 Å². The molecule has 1 N–H and O–H groups in total. The van der Waals surface area contributed by atoms with Gasteiger partial charge in [-0.2, -0.15) is 0 Å². The Kier molecular flexibility index (Phi) is 3.77. The highest BCUT2D eigenvalue weighted by atomic mass is 79.9. The first-order valence-corrected chi connectivity index (χ1v) is 5.32. The van der Waals surface area contributed by atoms with E-state index in [0.717, 1.165) is 10.0 Å². The van der Waals surface area contributed by atoms with E-state index in [-0.39, 0.29) is 12.0 Å². The van der Waals surface area contributed by atoms with E-state index in [1.807, 2.05) is 25.1 Å². The third-order valence-electron chi connectivity index (χ3n) is 2.18. The number of rotatable bonds is 2. The maximum Gasteiger partial charge on any atom is 0.0578 e. The van der Waals surface area contributed by atoms with Crippen LogP contribution in [0.3, 0.4) is 0 Å². The van der Waals surface area contributed by atoms with Gasteiger partial charge >= 0.3 is 0 Å². The highest BCUT2D eigenvalue weighted by molar-refractivity contribution is 9.10. The van der Waals surface area contributed by atoms with Gasteiger partial charge in [0.25, 0.3) is 0 Å². The SMILES string of the molecule is CC(O)C(C)c1ccc(Br)cc1Cl. The zero-order valence-corrected chi connectivity index (χ0v) is 9.93. The van der Waals surface area contributed by atoms with E-state index in [1.165, 1.54) is 0 Å². The summed E-state index contributed by atoms with van der Waals surface area (Å²) in [5.74, 6) is 0.0700. The molecule has 2 unspecified atom stereocenters. The van der Waals surface area contributed by atoms with E-state index >= 15 is 0 Å². The van der Waals surface area contributed by atoms with Crippen molar-refractivity contribution in [2.45, 2.75) is 25.9 Å². The fourth-order valence-electron chi connectivity index (χ4n) is 1.13. The molecule has 0 aromatic heterocycles. The zero-order valence-electron chi connectivity index (χ0n) is 7.59. The Morgan fingerprint density at radius 3 is 2.46 bits per heavy atom. The molecule has 13 heavy (non-hydrogen) atoms. The van der Waals surface area contributed by atoms with Gasteiger partial charge in [-0.15, -0.1) is 0 Å². The van der Waals surface area contributed by atoms with Crippen LogP contribution in [-0.4, -0.2) is 11.2 Å². The fraction of sp³-hybridized carbons (Fsp3) is 0.400. The zero-order chi connectivity index (χ0) is 10.0. The van der Waals surface area contributed by atoms with Crippen LogP contribution >= 0.6 is 27.5 Å². The van der Waals surface area contributed by atoms with Crippen LogP contribution in [0.2, 0.25) is 5.02 Å². The van der Waals surface area contributed by atoms with Crippen molar-refractivity contribution < 1.29 is 5.11 Å². The van der Waals surface area contributed by atoms with E-state index in [0.29, 0.717) is 5.02 Å². The first kappa shape index (κ1) is 11.0. The number of hydrogen-bond donors (Lipinski definition) is 1. The minimum atomic E-state index is -0.376. The van der Waals surface area contributed by atoms with E-state index < -0.39 is 0 Å². The summed E-state index contributed by atoms with van der Waals surface area (Å²) in [5, 5.41) is 10.1. The lowest BCUT2D eigenvalue weighted by molar-refractivity contribution is 0.169. The summed E-state index contributed by atoms with van der Waals surface area (Å²) < 4.78 is 0.957. The average Bonchev–Trinajstić information content (AvgIpc) is 2.03. The van der Waals surface area contributed by atoms with Crippen molar-refractivity contribution in [2.75, 3.05) is 0 Å². The lowest BCUT2D eigenvalue weighted by atomic mass is 9.96. The molecule has 1 aromatic carbocycles. The number of aliphatic hydroxyl groups excluding tert-OH is 1. The number of aliphatic hydroxyl groups is 1. The van der Waals surface area contributed by atoms with Gasteiger partial charge in [0, 0.05) is 15.4 Å². The molecule has 0 aliphatic heterocycles. The van der Waals surface area contributed by atoms with Crippen LogP contribution in [0.4, 0.5) is 0 Å². The molecular formula is C10H12BrClO. The van der Waals surface area contributed by atoms with Crippen LogP contribution in [0.25, 0.3) is 0 Å². The minimum Gasteiger partial charge on any atom is -0.393 e. The quantitative estimate of drug-likeness (QED) is 0.864. The predicted octanol–water partition coefficient (Wildman–Crippen LogP) is 3.59. The van der Waals surface area contributed by atoms with Crippen LogP contribution < -0.4 is 0 Å². The third-order valence-corrected chi connectivity index (χ3v) is 3.00. The van der Waals surface area contributed by atoms with Crippen molar-refractivity contribution in [3.05, 3.63) is 33.3 Å². The van der Waals surface area contributed by atoms with E-state index in [4.69, 9.17) is 11.6 Å². The third kappa shape index (κ3) is 2.70. The molecule has 0 heterocycles. The lowest BCUT2D eigenvalue weighted by Crippen LogP contribution is -2.11. The molecule has 0 spiro atoms. The summed E-state index contributed by atoms with van der Waals surface area (Å²) in [4.78, 5) is 0. The van der Waals surface area contributed by atoms with Crippen molar-refractivity contribution in [2.24, 2.45) is 0 Å². The van der Waals surface area contributed by atoms with Crippen LogP contribution in [0, 0.1) is 0 Å².